The Labute approximate surface area is 95.4 Å². The number of hydrogen-bond acceptors (Lipinski definition) is 5. The summed E-state index contributed by atoms with van der Waals surface area (Å²) in [6, 6.07) is 3.43. The van der Waals surface area contributed by atoms with E-state index in [0.29, 0.717) is 16.5 Å². The minimum absolute atomic E-state index is 0.0321. The van der Waals surface area contributed by atoms with Crippen LogP contribution in [0.15, 0.2) is 23.7 Å². The van der Waals surface area contributed by atoms with Gasteiger partial charge >= 0.3 is 5.97 Å². The molecule has 0 spiro atoms. The summed E-state index contributed by atoms with van der Waals surface area (Å²) >= 11 is 1.24. The van der Waals surface area contributed by atoms with Crippen molar-refractivity contribution in [1.82, 2.24) is 9.97 Å². The van der Waals surface area contributed by atoms with Gasteiger partial charge in [-0.05, 0) is 6.07 Å². The highest BCUT2D eigenvalue weighted by Gasteiger charge is 2.11. The molecule has 2 aromatic rings. The van der Waals surface area contributed by atoms with E-state index in [0.717, 1.165) is 0 Å². The highest BCUT2D eigenvalue weighted by molar-refractivity contribution is 7.13. The van der Waals surface area contributed by atoms with Gasteiger partial charge in [-0.1, -0.05) is 0 Å². The number of aromatic nitrogens is 2. The molecular weight excluding hydrogens is 228 g/mol. The van der Waals surface area contributed by atoms with E-state index < -0.39 is 5.97 Å². The molecule has 0 aromatic carbocycles. The first kappa shape index (κ1) is 10.6. The van der Waals surface area contributed by atoms with Gasteiger partial charge < -0.3 is 9.84 Å². The molecule has 0 atom stereocenters. The number of rotatable bonds is 3. The summed E-state index contributed by atoms with van der Waals surface area (Å²) in [6.45, 7) is 0. The second-order valence-electron chi connectivity index (χ2n) is 2.92. The number of nitrogens with zero attached hydrogens (tertiary/aromatic N) is 2. The minimum Gasteiger partial charge on any atom is -0.497 e. The van der Waals surface area contributed by atoms with Crippen molar-refractivity contribution in [2.24, 2.45) is 0 Å². The number of pyridine rings is 1. The molecule has 0 aliphatic rings. The van der Waals surface area contributed by atoms with Crippen LogP contribution in [-0.4, -0.2) is 28.2 Å². The average molecular weight is 236 g/mol. The van der Waals surface area contributed by atoms with Gasteiger partial charge in [0.05, 0.1) is 7.11 Å². The molecule has 2 aromatic heterocycles. The largest absolute Gasteiger partial charge is 0.497 e. The van der Waals surface area contributed by atoms with Gasteiger partial charge in [-0.3, -0.25) is 4.98 Å². The molecular formula is C10H8N2O3S. The number of carboxylic acids is 1. The van der Waals surface area contributed by atoms with Gasteiger partial charge in [-0.15, -0.1) is 11.3 Å². The van der Waals surface area contributed by atoms with Crippen molar-refractivity contribution in [3.05, 3.63) is 29.4 Å². The Hall–Kier alpha value is -1.95. The van der Waals surface area contributed by atoms with Crippen molar-refractivity contribution in [3.63, 3.8) is 0 Å². The number of methoxy groups -OCH3 is 1. The monoisotopic (exact) mass is 236 g/mol. The summed E-state index contributed by atoms with van der Waals surface area (Å²) in [5, 5.41) is 10.8. The van der Waals surface area contributed by atoms with Crippen molar-refractivity contribution < 1.29 is 14.6 Å². The van der Waals surface area contributed by atoms with E-state index >= 15 is 0 Å². The maximum Gasteiger partial charge on any atom is 0.355 e. The van der Waals surface area contributed by atoms with Crippen LogP contribution in [0.5, 0.6) is 5.75 Å². The van der Waals surface area contributed by atoms with E-state index in [-0.39, 0.29) is 5.69 Å². The summed E-state index contributed by atoms with van der Waals surface area (Å²) in [7, 11) is 1.56. The van der Waals surface area contributed by atoms with Crippen LogP contribution in [-0.2, 0) is 0 Å². The van der Waals surface area contributed by atoms with E-state index in [2.05, 4.69) is 9.97 Å². The number of ether oxygens (including phenoxy) is 1. The minimum atomic E-state index is -1.04. The van der Waals surface area contributed by atoms with Crippen molar-refractivity contribution >= 4 is 17.3 Å². The summed E-state index contributed by atoms with van der Waals surface area (Å²) in [6.07, 6.45) is 1.59. The lowest BCUT2D eigenvalue weighted by Crippen LogP contribution is -1.96. The van der Waals surface area contributed by atoms with Gasteiger partial charge in [0, 0.05) is 17.6 Å². The molecule has 1 N–H and O–H groups in total. The Morgan fingerprint density at radius 1 is 1.56 bits per heavy atom. The van der Waals surface area contributed by atoms with Crippen LogP contribution in [0.4, 0.5) is 0 Å². The molecule has 0 saturated heterocycles. The summed E-state index contributed by atoms with van der Waals surface area (Å²) in [4.78, 5) is 18.7. The molecule has 5 nitrogen and oxygen atoms in total. The highest BCUT2D eigenvalue weighted by atomic mass is 32.1. The van der Waals surface area contributed by atoms with Crippen LogP contribution in [0.3, 0.4) is 0 Å². The Balaban J connectivity index is 2.38. The highest BCUT2D eigenvalue weighted by Crippen LogP contribution is 2.24. The molecule has 0 saturated carbocycles. The Morgan fingerprint density at radius 2 is 2.38 bits per heavy atom. The lowest BCUT2D eigenvalue weighted by molar-refractivity contribution is 0.0691. The van der Waals surface area contributed by atoms with Gasteiger partial charge in [-0.2, -0.15) is 0 Å². The Bertz CT molecular complexity index is 524. The van der Waals surface area contributed by atoms with Crippen LogP contribution in [0.1, 0.15) is 10.5 Å². The fourth-order valence-corrected chi connectivity index (χ4v) is 1.90. The molecule has 0 aliphatic carbocycles. The van der Waals surface area contributed by atoms with E-state index in [9.17, 15) is 4.79 Å². The molecule has 16 heavy (non-hydrogen) atoms. The number of carboxylic acid groups (broad SMARTS) is 1. The quantitative estimate of drug-likeness (QED) is 0.881. The van der Waals surface area contributed by atoms with Crippen LogP contribution in [0.2, 0.25) is 0 Å². The fourth-order valence-electron chi connectivity index (χ4n) is 1.14. The zero-order valence-electron chi connectivity index (χ0n) is 8.38. The third kappa shape index (κ3) is 2.01. The molecule has 0 aliphatic heterocycles. The normalized spacial score (nSPS) is 10.1. The van der Waals surface area contributed by atoms with E-state index in [1.54, 1.807) is 25.4 Å². The smallest absolute Gasteiger partial charge is 0.355 e. The maximum atomic E-state index is 10.7. The van der Waals surface area contributed by atoms with Crippen LogP contribution in [0.25, 0.3) is 10.7 Å². The van der Waals surface area contributed by atoms with Crippen molar-refractivity contribution in [3.8, 4) is 16.5 Å². The topological polar surface area (TPSA) is 72.3 Å². The molecule has 0 amide bonds. The molecule has 2 rings (SSSR count). The predicted octanol–water partition coefficient (Wildman–Crippen LogP) is 1.91. The van der Waals surface area contributed by atoms with Gasteiger partial charge in [0.25, 0.3) is 0 Å². The van der Waals surface area contributed by atoms with Crippen molar-refractivity contribution in [2.45, 2.75) is 0 Å². The second-order valence-corrected chi connectivity index (χ2v) is 3.78. The third-order valence-corrected chi connectivity index (χ3v) is 2.77. The van der Waals surface area contributed by atoms with E-state index in [1.807, 2.05) is 0 Å². The molecule has 6 heteroatoms. The molecule has 0 unspecified atom stereocenters. The van der Waals surface area contributed by atoms with E-state index in [4.69, 9.17) is 9.84 Å². The third-order valence-electron chi connectivity index (χ3n) is 1.91. The van der Waals surface area contributed by atoms with Crippen LogP contribution in [0, 0.1) is 0 Å². The maximum absolute atomic E-state index is 10.7. The number of aromatic carboxylic acids is 1. The summed E-state index contributed by atoms with van der Waals surface area (Å²) < 4.78 is 5.05. The zero-order chi connectivity index (χ0) is 11.5. The SMILES string of the molecule is COc1ccnc(-c2nc(C(=O)O)cs2)c1. The van der Waals surface area contributed by atoms with Gasteiger partial charge in [0.1, 0.15) is 16.5 Å². The van der Waals surface area contributed by atoms with Crippen molar-refractivity contribution in [1.29, 1.82) is 0 Å². The molecule has 0 bridgehead atoms. The van der Waals surface area contributed by atoms with Gasteiger partial charge in [0.2, 0.25) is 0 Å². The second kappa shape index (κ2) is 4.28. The number of hydrogen-bond donors (Lipinski definition) is 1. The molecule has 2 heterocycles. The predicted molar refractivity (Wildman–Crippen MR) is 58.9 cm³/mol. The molecule has 0 fully saturated rings. The van der Waals surface area contributed by atoms with Crippen LogP contribution >= 0.6 is 11.3 Å². The first-order valence-corrected chi connectivity index (χ1v) is 5.28. The Kier molecular flexibility index (Phi) is 2.82. The summed E-state index contributed by atoms with van der Waals surface area (Å²) in [5.41, 5.74) is 0.640. The lowest BCUT2D eigenvalue weighted by Gasteiger charge is -1.99. The lowest BCUT2D eigenvalue weighted by atomic mass is 10.3. The fraction of sp³-hybridized carbons (Fsp3) is 0.100. The average Bonchev–Trinajstić information content (AvgIpc) is 2.78. The molecule has 0 radical (unpaired) electrons. The number of carbonyl (C=O) groups is 1. The zero-order valence-corrected chi connectivity index (χ0v) is 9.19. The van der Waals surface area contributed by atoms with Gasteiger partial charge in [0.15, 0.2) is 5.69 Å². The molecule has 82 valence electrons. The summed E-state index contributed by atoms with van der Waals surface area (Å²) in [5.74, 6) is -0.373. The van der Waals surface area contributed by atoms with Gasteiger partial charge in [-0.25, -0.2) is 9.78 Å². The standard InChI is InChI=1S/C10H8N2O3S/c1-15-6-2-3-11-7(4-6)9-12-8(5-16-9)10(13)14/h2-5H,1H3,(H,13,14). The Morgan fingerprint density at radius 3 is 3.00 bits per heavy atom. The first-order chi connectivity index (χ1) is 7.70. The van der Waals surface area contributed by atoms with Crippen molar-refractivity contribution in [2.75, 3.05) is 7.11 Å². The first-order valence-electron chi connectivity index (χ1n) is 4.40. The van der Waals surface area contributed by atoms with Crippen LogP contribution < -0.4 is 4.74 Å². The number of thiazole rings is 1. The van der Waals surface area contributed by atoms with E-state index in [1.165, 1.54) is 16.7 Å².